The smallest absolute Gasteiger partial charge is 0.326 e. The average Bonchev–Trinajstić information content (AvgIpc) is 3.22. The molecular formula is C47H90N12O9. The van der Waals surface area contributed by atoms with Gasteiger partial charge in [-0.2, -0.15) is 0 Å². The number of carbonyl (C=O) groups excluding carboxylic acids is 7. The highest BCUT2D eigenvalue weighted by Crippen LogP contribution is 2.15. The fourth-order valence-corrected chi connectivity index (χ4v) is 7.34. The van der Waals surface area contributed by atoms with Crippen molar-refractivity contribution in [3.05, 3.63) is 0 Å². The predicted octanol–water partition coefficient (Wildman–Crippen LogP) is 0.861. The lowest BCUT2D eigenvalue weighted by Crippen LogP contribution is -2.61. The minimum Gasteiger partial charge on any atom is -0.480 e. The highest BCUT2D eigenvalue weighted by molar-refractivity contribution is 5.97. The second-order valence-corrected chi connectivity index (χ2v) is 20.1. The zero-order chi connectivity index (χ0) is 52.4. The van der Waals surface area contributed by atoms with Gasteiger partial charge in [-0.05, 0) is 99.8 Å². The number of amides is 7. The van der Waals surface area contributed by atoms with Crippen LogP contribution in [0.5, 0.6) is 0 Å². The van der Waals surface area contributed by atoms with E-state index in [4.69, 9.17) is 22.9 Å². The lowest BCUT2D eigenvalue weighted by molar-refractivity contribution is -0.143. The molecule has 0 aliphatic rings. The summed E-state index contributed by atoms with van der Waals surface area (Å²) >= 11 is 0. The fourth-order valence-electron chi connectivity index (χ4n) is 7.34. The summed E-state index contributed by atoms with van der Waals surface area (Å²) < 4.78 is 0. The van der Waals surface area contributed by atoms with Gasteiger partial charge in [0.05, 0.1) is 6.04 Å². The molecule has 0 heterocycles. The fraction of sp³-hybridized carbons (Fsp3) is 0.809. The molecule has 0 spiro atoms. The van der Waals surface area contributed by atoms with Crippen LogP contribution >= 0.6 is 0 Å². The Labute approximate surface area is 405 Å². The summed E-state index contributed by atoms with van der Waals surface area (Å²) in [6, 6.07) is -8.87. The third-order valence-corrected chi connectivity index (χ3v) is 11.3. The van der Waals surface area contributed by atoms with Crippen molar-refractivity contribution in [3.8, 4) is 0 Å². The molecule has 0 aliphatic carbocycles. The summed E-state index contributed by atoms with van der Waals surface area (Å²) in [5, 5.41) is 28.9. The van der Waals surface area contributed by atoms with Crippen LogP contribution in [0.1, 0.15) is 147 Å². The number of rotatable bonds is 34. The van der Waals surface area contributed by atoms with Gasteiger partial charge < -0.3 is 65.3 Å². The Morgan fingerprint density at radius 3 is 1.22 bits per heavy atom. The average molecular weight is 967 g/mol. The molecule has 21 heteroatoms. The molecule has 0 saturated carbocycles. The normalized spacial score (nSPS) is 15.5. The third-order valence-electron chi connectivity index (χ3n) is 11.3. The van der Waals surface area contributed by atoms with Gasteiger partial charge in [-0.15, -0.1) is 0 Å². The number of hydrogen-bond donors (Lipinski definition) is 12. The van der Waals surface area contributed by atoms with E-state index >= 15 is 0 Å². The minimum absolute atomic E-state index is 0.0385. The first-order chi connectivity index (χ1) is 31.6. The maximum Gasteiger partial charge on any atom is 0.326 e. The van der Waals surface area contributed by atoms with Crippen LogP contribution in [0.2, 0.25) is 0 Å². The molecule has 0 bridgehead atoms. The number of guanidine groups is 1. The number of nitrogens with two attached hydrogens (primary N) is 4. The van der Waals surface area contributed by atoms with Gasteiger partial charge in [-0.1, -0.05) is 89.5 Å². The van der Waals surface area contributed by atoms with Crippen LogP contribution in [0, 0.1) is 35.5 Å². The quantitative estimate of drug-likeness (QED) is 0.0242. The van der Waals surface area contributed by atoms with Crippen LogP contribution in [0.25, 0.3) is 0 Å². The molecule has 0 saturated heterocycles. The summed E-state index contributed by atoms with van der Waals surface area (Å²) in [4.78, 5) is 113. The van der Waals surface area contributed by atoms with Crippen LogP contribution in [-0.2, 0) is 38.4 Å². The van der Waals surface area contributed by atoms with E-state index in [1.165, 1.54) is 0 Å². The molecule has 0 aliphatic heterocycles. The number of carboxylic acids is 1. The zero-order valence-corrected chi connectivity index (χ0v) is 43.0. The molecule has 0 aromatic rings. The molecule has 68 heavy (non-hydrogen) atoms. The first kappa shape index (κ1) is 63.0. The molecule has 0 fully saturated rings. The van der Waals surface area contributed by atoms with Crippen LogP contribution in [0.3, 0.4) is 0 Å². The first-order valence-corrected chi connectivity index (χ1v) is 24.5. The van der Waals surface area contributed by atoms with Gasteiger partial charge >= 0.3 is 5.97 Å². The first-order valence-electron chi connectivity index (χ1n) is 24.5. The highest BCUT2D eigenvalue weighted by atomic mass is 16.4. The molecule has 7 amide bonds. The van der Waals surface area contributed by atoms with Crippen LogP contribution in [0.15, 0.2) is 4.99 Å². The van der Waals surface area contributed by atoms with Crippen molar-refractivity contribution in [2.45, 2.75) is 196 Å². The predicted molar refractivity (Wildman–Crippen MR) is 264 cm³/mol. The second kappa shape index (κ2) is 32.7. The Kier molecular flexibility index (Phi) is 30.2. The van der Waals surface area contributed by atoms with Gasteiger partial charge in [0.1, 0.15) is 42.3 Å². The summed E-state index contributed by atoms with van der Waals surface area (Å²) in [6.07, 6.45) is 3.05. The van der Waals surface area contributed by atoms with E-state index < -0.39 is 107 Å². The van der Waals surface area contributed by atoms with Crippen molar-refractivity contribution in [3.63, 3.8) is 0 Å². The van der Waals surface area contributed by atoms with E-state index in [-0.39, 0.29) is 74.7 Å². The molecule has 0 rings (SSSR count). The SMILES string of the molecule is CC[C@H](C)[C@H](NC(=O)[C@H](CCCCN)NC(=O)[C@@H](N)CC(C)C)C(=O)N[C@@H](CC(C)C)C(=O)N[C@@H](CC(C)C)C(=O)N[C@@H](CC(C)C)C(=O)N[C@@H](CCCN=C(N)N)C(=O)N[C@H](C(=O)O)C(C)C. The van der Waals surface area contributed by atoms with Crippen molar-refractivity contribution >= 4 is 53.3 Å². The number of unbranched alkanes of at least 4 members (excludes halogenated alkanes) is 1. The van der Waals surface area contributed by atoms with Crippen molar-refractivity contribution < 1.29 is 43.5 Å². The Balaban J connectivity index is 6.64. The van der Waals surface area contributed by atoms with E-state index in [1.54, 1.807) is 20.8 Å². The standard InChI is InChI=1S/C47H90N12O9/c1-13-30(12)38(59-41(62)32(17-14-15-19-48)53-39(60)31(49)21-25(2)3)45(66)57-36(24-28(8)9)44(65)56-35(23-27(6)7)43(64)55-34(22-26(4)5)42(63)54-33(18-16-20-52-47(50)51)40(61)58-37(29(10)11)46(67)68/h25-38H,13-24,48-49H2,1-12H3,(H,53,60)(H,54,63)(H,55,64)(H,56,65)(H,57,66)(H,58,61)(H,59,62)(H,67,68)(H4,50,51,52)/t30-,31-,32-,33-,34-,35-,36-,37-,38-/m0/s1. The maximum atomic E-state index is 14.2. The van der Waals surface area contributed by atoms with Crippen molar-refractivity contribution in [1.29, 1.82) is 0 Å². The van der Waals surface area contributed by atoms with Crippen LogP contribution < -0.4 is 60.2 Å². The van der Waals surface area contributed by atoms with E-state index in [9.17, 15) is 43.5 Å². The number of carboxylic acid groups (broad SMARTS) is 1. The van der Waals surface area contributed by atoms with Crippen LogP contribution in [0.4, 0.5) is 0 Å². The van der Waals surface area contributed by atoms with Gasteiger partial charge in [0.15, 0.2) is 5.96 Å². The summed E-state index contributed by atoms with van der Waals surface area (Å²) in [5.41, 5.74) is 22.7. The topological polar surface area (TPSA) is 357 Å². The van der Waals surface area contributed by atoms with E-state index in [0.29, 0.717) is 32.2 Å². The number of aliphatic imine (C=N–C) groups is 1. The van der Waals surface area contributed by atoms with Crippen molar-refractivity contribution in [2.75, 3.05) is 13.1 Å². The maximum absolute atomic E-state index is 14.2. The molecule has 392 valence electrons. The lowest BCUT2D eigenvalue weighted by atomic mass is 9.95. The van der Waals surface area contributed by atoms with Gasteiger partial charge in [0.2, 0.25) is 41.4 Å². The molecule has 0 aromatic heterocycles. The van der Waals surface area contributed by atoms with Gasteiger partial charge in [0.25, 0.3) is 0 Å². The zero-order valence-electron chi connectivity index (χ0n) is 43.0. The molecular weight excluding hydrogens is 877 g/mol. The second-order valence-electron chi connectivity index (χ2n) is 20.1. The van der Waals surface area contributed by atoms with Crippen molar-refractivity contribution in [1.82, 2.24) is 37.2 Å². The van der Waals surface area contributed by atoms with Gasteiger partial charge in [0, 0.05) is 6.54 Å². The van der Waals surface area contributed by atoms with E-state index in [1.807, 2.05) is 62.3 Å². The minimum atomic E-state index is -1.25. The van der Waals surface area contributed by atoms with Crippen molar-refractivity contribution in [2.24, 2.45) is 63.4 Å². The summed E-state index contributed by atoms with van der Waals surface area (Å²) in [7, 11) is 0. The number of carbonyl (C=O) groups is 8. The number of nitrogens with one attached hydrogen (secondary N) is 7. The number of nitrogens with zero attached hydrogens (tertiary/aromatic N) is 1. The third kappa shape index (κ3) is 25.4. The van der Waals surface area contributed by atoms with Crippen LogP contribution in [-0.4, -0.2) is 120 Å². The Morgan fingerprint density at radius 1 is 0.485 bits per heavy atom. The largest absolute Gasteiger partial charge is 0.480 e. The Morgan fingerprint density at radius 2 is 0.853 bits per heavy atom. The molecule has 21 nitrogen and oxygen atoms in total. The van der Waals surface area contributed by atoms with Gasteiger partial charge in [-0.3, -0.25) is 38.6 Å². The summed E-state index contributed by atoms with van der Waals surface area (Å²) in [6.45, 7) is 22.4. The number of hydrogen-bond acceptors (Lipinski definition) is 11. The molecule has 0 unspecified atom stereocenters. The monoisotopic (exact) mass is 967 g/mol. The molecule has 9 atom stereocenters. The molecule has 16 N–H and O–H groups in total. The summed E-state index contributed by atoms with van der Waals surface area (Å²) in [5.74, 6) is -6.96. The number of aliphatic carboxylic acids is 1. The lowest BCUT2D eigenvalue weighted by Gasteiger charge is -2.30. The van der Waals surface area contributed by atoms with E-state index in [0.717, 1.165) is 0 Å². The molecule has 0 aromatic carbocycles. The van der Waals surface area contributed by atoms with Gasteiger partial charge in [-0.25, -0.2) is 4.79 Å². The Bertz CT molecular complexity index is 1640. The highest BCUT2D eigenvalue weighted by Gasteiger charge is 2.36. The Hall–Kier alpha value is -5.05. The van der Waals surface area contributed by atoms with E-state index in [2.05, 4.69) is 42.2 Å². The molecule has 0 radical (unpaired) electrons.